The first-order chi connectivity index (χ1) is 9.70. The first-order valence-corrected chi connectivity index (χ1v) is 7.03. The third-order valence-electron chi connectivity index (χ3n) is 4.11. The maximum absolute atomic E-state index is 13.7. The number of alkyl halides is 3. The first kappa shape index (κ1) is 16.1. The standard InChI is InChI=1S/C15H19F4NO/c1-10-4-6-14(21,7-5-10)9-20-13-3-2-11(8-12(13)16)15(17,18)19/h2-3,8,10,20-21H,4-7,9H2,1H3. The number of nitrogens with one attached hydrogen (secondary N) is 1. The predicted molar refractivity (Wildman–Crippen MR) is 72.5 cm³/mol. The van der Waals surface area contributed by atoms with Gasteiger partial charge in [-0.1, -0.05) is 6.92 Å². The SMILES string of the molecule is CC1CCC(O)(CNc2ccc(C(F)(F)F)cc2F)CC1. The minimum atomic E-state index is -4.56. The van der Waals surface area contributed by atoms with Crippen molar-refractivity contribution in [1.29, 1.82) is 0 Å². The molecule has 2 nitrogen and oxygen atoms in total. The van der Waals surface area contributed by atoms with E-state index in [0.717, 1.165) is 25.0 Å². The fourth-order valence-electron chi connectivity index (χ4n) is 2.57. The van der Waals surface area contributed by atoms with E-state index in [-0.39, 0.29) is 12.2 Å². The maximum atomic E-state index is 13.7. The molecule has 0 bridgehead atoms. The lowest BCUT2D eigenvalue weighted by atomic mass is 9.79. The lowest BCUT2D eigenvalue weighted by Gasteiger charge is -2.35. The van der Waals surface area contributed by atoms with Crippen LogP contribution >= 0.6 is 0 Å². The number of rotatable bonds is 3. The lowest BCUT2D eigenvalue weighted by Crippen LogP contribution is -2.40. The molecule has 0 spiro atoms. The summed E-state index contributed by atoms with van der Waals surface area (Å²) in [6, 6.07) is 2.36. The van der Waals surface area contributed by atoms with Crippen LogP contribution in [-0.2, 0) is 6.18 Å². The summed E-state index contributed by atoms with van der Waals surface area (Å²) in [5.74, 6) is -0.398. The van der Waals surface area contributed by atoms with Gasteiger partial charge < -0.3 is 10.4 Å². The summed E-state index contributed by atoms with van der Waals surface area (Å²) in [5, 5.41) is 13.1. The minimum absolute atomic E-state index is 0.0185. The molecular formula is C15H19F4NO. The Bertz CT molecular complexity index is 493. The molecule has 1 aromatic rings. The number of benzene rings is 1. The van der Waals surface area contributed by atoms with Gasteiger partial charge in [0.2, 0.25) is 0 Å². The van der Waals surface area contributed by atoms with Crippen LogP contribution in [0.5, 0.6) is 0 Å². The van der Waals surface area contributed by atoms with E-state index in [1.54, 1.807) is 0 Å². The van der Waals surface area contributed by atoms with Crippen LogP contribution in [0.3, 0.4) is 0 Å². The third-order valence-corrected chi connectivity index (χ3v) is 4.11. The molecule has 0 unspecified atom stereocenters. The molecule has 1 saturated carbocycles. The van der Waals surface area contributed by atoms with Crippen LogP contribution in [0, 0.1) is 11.7 Å². The van der Waals surface area contributed by atoms with Crippen LogP contribution in [-0.4, -0.2) is 17.3 Å². The van der Waals surface area contributed by atoms with Crippen molar-refractivity contribution in [2.24, 2.45) is 5.92 Å². The summed E-state index contributed by atoms with van der Waals surface area (Å²) < 4.78 is 51.0. The van der Waals surface area contributed by atoms with Crippen molar-refractivity contribution in [3.05, 3.63) is 29.6 Å². The zero-order valence-corrected chi connectivity index (χ0v) is 11.8. The highest BCUT2D eigenvalue weighted by molar-refractivity contribution is 5.47. The molecule has 0 aromatic heterocycles. The molecular weight excluding hydrogens is 286 g/mol. The Kier molecular flexibility index (Phi) is 4.46. The fraction of sp³-hybridized carbons (Fsp3) is 0.600. The van der Waals surface area contributed by atoms with E-state index in [9.17, 15) is 22.7 Å². The maximum Gasteiger partial charge on any atom is 0.416 e. The van der Waals surface area contributed by atoms with Gasteiger partial charge in [-0.2, -0.15) is 13.2 Å². The Hall–Kier alpha value is -1.30. The summed E-state index contributed by atoms with van der Waals surface area (Å²) in [6.07, 6.45) is -1.54. The zero-order chi connectivity index (χ0) is 15.7. The third kappa shape index (κ3) is 4.09. The number of hydrogen-bond donors (Lipinski definition) is 2. The van der Waals surface area contributed by atoms with Crippen LogP contribution in [0.4, 0.5) is 23.2 Å². The Labute approximate surface area is 121 Å². The number of hydrogen-bond acceptors (Lipinski definition) is 2. The van der Waals surface area contributed by atoms with Gasteiger partial charge in [0.05, 0.1) is 16.9 Å². The van der Waals surface area contributed by atoms with Gasteiger partial charge in [0, 0.05) is 6.54 Å². The van der Waals surface area contributed by atoms with Crippen molar-refractivity contribution in [2.75, 3.05) is 11.9 Å². The van der Waals surface area contributed by atoms with E-state index in [4.69, 9.17) is 0 Å². The number of halogens is 4. The second kappa shape index (κ2) is 5.83. The van der Waals surface area contributed by atoms with Gasteiger partial charge in [-0.25, -0.2) is 4.39 Å². The second-order valence-electron chi connectivity index (χ2n) is 5.95. The van der Waals surface area contributed by atoms with Gasteiger partial charge >= 0.3 is 6.18 Å². The van der Waals surface area contributed by atoms with Crippen molar-refractivity contribution >= 4 is 5.69 Å². The van der Waals surface area contributed by atoms with Crippen LogP contribution < -0.4 is 5.32 Å². The molecule has 0 amide bonds. The summed E-state index contributed by atoms with van der Waals surface area (Å²) >= 11 is 0. The van der Waals surface area contributed by atoms with Crippen molar-refractivity contribution in [2.45, 2.75) is 44.4 Å². The number of aliphatic hydroxyl groups is 1. The lowest BCUT2D eigenvalue weighted by molar-refractivity contribution is -0.137. The molecule has 0 saturated heterocycles. The van der Waals surface area contributed by atoms with Crippen LogP contribution in [0.1, 0.15) is 38.2 Å². The monoisotopic (exact) mass is 305 g/mol. The highest BCUT2D eigenvalue weighted by Crippen LogP contribution is 2.33. The van der Waals surface area contributed by atoms with E-state index < -0.39 is 23.2 Å². The quantitative estimate of drug-likeness (QED) is 0.820. The predicted octanol–water partition coefficient (Wildman–Crippen LogP) is 4.20. The highest BCUT2D eigenvalue weighted by Gasteiger charge is 2.33. The Balaban J connectivity index is 2.00. The summed E-state index contributed by atoms with van der Waals surface area (Å²) in [4.78, 5) is 0. The van der Waals surface area contributed by atoms with Crippen molar-refractivity contribution < 1.29 is 22.7 Å². The molecule has 1 aliphatic rings. The van der Waals surface area contributed by atoms with E-state index in [0.29, 0.717) is 24.8 Å². The van der Waals surface area contributed by atoms with Crippen molar-refractivity contribution in [3.8, 4) is 0 Å². The van der Waals surface area contributed by atoms with Gasteiger partial charge in [0.1, 0.15) is 5.82 Å². The van der Waals surface area contributed by atoms with Gasteiger partial charge in [0.15, 0.2) is 0 Å². The normalized spacial score (nSPS) is 26.7. The summed E-state index contributed by atoms with van der Waals surface area (Å²) in [6.45, 7) is 2.25. The molecule has 6 heteroatoms. The zero-order valence-electron chi connectivity index (χ0n) is 11.8. The Morgan fingerprint density at radius 2 is 1.90 bits per heavy atom. The molecule has 0 atom stereocenters. The molecule has 21 heavy (non-hydrogen) atoms. The topological polar surface area (TPSA) is 32.3 Å². The van der Waals surface area contributed by atoms with E-state index >= 15 is 0 Å². The second-order valence-corrected chi connectivity index (χ2v) is 5.95. The van der Waals surface area contributed by atoms with E-state index in [1.165, 1.54) is 0 Å². The fourth-order valence-corrected chi connectivity index (χ4v) is 2.57. The largest absolute Gasteiger partial charge is 0.416 e. The Morgan fingerprint density at radius 1 is 1.29 bits per heavy atom. The molecule has 2 rings (SSSR count). The average molecular weight is 305 g/mol. The van der Waals surface area contributed by atoms with E-state index in [1.807, 2.05) is 0 Å². The molecule has 1 aromatic carbocycles. The molecule has 118 valence electrons. The van der Waals surface area contributed by atoms with Gasteiger partial charge in [-0.3, -0.25) is 0 Å². The van der Waals surface area contributed by atoms with Crippen molar-refractivity contribution in [3.63, 3.8) is 0 Å². The summed E-state index contributed by atoms with van der Waals surface area (Å²) in [7, 11) is 0. The Morgan fingerprint density at radius 3 is 2.43 bits per heavy atom. The minimum Gasteiger partial charge on any atom is -0.388 e. The smallest absolute Gasteiger partial charge is 0.388 e. The van der Waals surface area contributed by atoms with Crippen LogP contribution in [0.2, 0.25) is 0 Å². The van der Waals surface area contributed by atoms with Gasteiger partial charge in [-0.15, -0.1) is 0 Å². The van der Waals surface area contributed by atoms with Crippen LogP contribution in [0.25, 0.3) is 0 Å². The van der Waals surface area contributed by atoms with E-state index in [2.05, 4.69) is 12.2 Å². The van der Waals surface area contributed by atoms with Crippen LogP contribution in [0.15, 0.2) is 18.2 Å². The first-order valence-electron chi connectivity index (χ1n) is 7.03. The van der Waals surface area contributed by atoms with Gasteiger partial charge in [-0.05, 0) is 49.8 Å². The molecule has 0 aliphatic heterocycles. The number of anilines is 1. The average Bonchev–Trinajstić information content (AvgIpc) is 2.40. The molecule has 0 heterocycles. The summed E-state index contributed by atoms with van der Waals surface area (Å²) in [5.41, 5.74) is -1.95. The highest BCUT2D eigenvalue weighted by atomic mass is 19.4. The molecule has 1 aliphatic carbocycles. The molecule has 1 fully saturated rings. The molecule has 2 N–H and O–H groups in total. The van der Waals surface area contributed by atoms with Crippen molar-refractivity contribution in [1.82, 2.24) is 0 Å². The van der Waals surface area contributed by atoms with Gasteiger partial charge in [0.25, 0.3) is 0 Å². The molecule has 0 radical (unpaired) electrons.